The Morgan fingerprint density at radius 2 is 1.74 bits per heavy atom. The van der Waals surface area contributed by atoms with E-state index in [1.54, 1.807) is 0 Å². The molecule has 2 heterocycles. The van der Waals surface area contributed by atoms with Crippen molar-refractivity contribution in [1.82, 2.24) is 9.80 Å². The van der Waals surface area contributed by atoms with E-state index in [1.165, 1.54) is 24.9 Å². The van der Waals surface area contributed by atoms with Gasteiger partial charge < -0.3 is 14.4 Å². The van der Waals surface area contributed by atoms with E-state index in [4.69, 9.17) is 9.47 Å². The quantitative estimate of drug-likeness (QED) is 0.721. The molecular weight excluding hydrogens is 309 g/mol. The van der Waals surface area contributed by atoms with Crippen LogP contribution in [0, 0.1) is 0 Å². The van der Waals surface area contributed by atoms with E-state index in [2.05, 4.69) is 4.90 Å². The van der Waals surface area contributed by atoms with Crippen LogP contribution in [0.5, 0.6) is 0 Å². The number of halogens is 3. The average Bonchev–Trinajstić information content (AvgIpc) is 3.33. The lowest BCUT2D eigenvalue weighted by atomic mass is 10.0. The van der Waals surface area contributed by atoms with Gasteiger partial charge in [0, 0.05) is 39.2 Å². The predicted octanol–water partition coefficient (Wildman–Crippen LogP) is 2.98. The van der Waals surface area contributed by atoms with Crippen LogP contribution in [0.2, 0.25) is 0 Å². The molecule has 3 aliphatic rings. The first kappa shape index (κ1) is 17.5. The maximum atomic E-state index is 12.9. The van der Waals surface area contributed by atoms with Crippen molar-refractivity contribution in [3.63, 3.8) is 0 Å². The van der Waals surface area contributed by atoms with Crippen molar-refractivity contribution in [2.75, 3.05) is 33.3 Å². The standard InChI is InChI=1S/C16H27F3N2O2/c1-22-16(8-2-3-9-21(16)12-15(17,18)19)23-14-6-10-20(11-7-14)13-4-5-13/h13-14H,2-12H2,1H3. The normalized spacial score (nSPS) is 32.3. The molecule has 4 nitrogen and oxygen atoms in total. The van der Waals surface area contributed by atoms with Crippen LogP contribution in [-0.4, -0.2) is 67.3 Å². The van der Waals surface area contributed by atoms with Crippen LogP contribution in [0.15, 0.2) is 0 Å². The smallest absolute Gasteiger partial charge is 0.341 e. The molecular formula is C16H27F3N2O2. The topological polar surface area (TPSA) is 24.9 Å². The first-order valence-electron chi connectivity index (χ1n) is 8.71. The third-order valence-corrected chi connectivity index (χ3v) is 5.23. The van der Waals surface area contributed by atoms with Crippen LogP contribution in [0.1, 0.15) is 44.9 Å². The average molecular weight is 336 g/mol. The van der Waals surface area contributed by atoms with E-state index in [0.29, 0.717) is 13.0 Å². The Kier molecular flexibility index (Phi) is 5.21. The summed E-state index contributed by atoms with van der Waals surface area (Å²) < 4.78 is 50.3. The van der Waals surface area contributed by atoms with Crippen LogP contribution >= 0.6 is 0 Å². The molecule has 134 valence electrons. The summed E-state index contributed by atoms with van der Waals surface area (Å²) in [4.78, 5) is 3.82. The maximum Gasteiger partial charge on any atom is 0.401 e. The van der Waals surface area contributed by atoms with Gasteiger partial charge in [-0.2, -0.15) is 13.2 Å². The van der Waals surface area contributed by atoms with Gasteiger partial charge in [-0.1, -0.05) is 0 Å². The fourth-order valence-corrected chi connectivity index (χ4v) is 3.87. The van der Waals surface area contributed by atoms with Gasteiger partial charge in [-0.05, 0) is 38.5 Å². The number of ether oxygens (including phenoxy) is 2. The Balaban J connectivity index is 1.61. The lowest BCUT2D eigenvalue weighted by Gasteiger charge is -2.48. The molecule has 0 N–H and O–H groups in total. The van der Waals surface area contributed by atoms with Crippen molar-refractivity contribution >= 4 is 0 Å². The lowest BCUT2D eigenvalue weighted by Crippen LogP contribution is -2.59. The summed E-state index contributed by atoms with van der Waals surface area (Å²) in [5.74, 6) is -1.21. The van der Waals surface area contributed by atoms with Crippen molar-refractivity contribution in [3.05, 3.63) is 0 Å². The van der Waals surface area contributed by atoms with Crippen LogP contribution in [0.4, 0.5) is 13.2 Å². The molecule has 0 spiro atoms. The highest BCUT2D eigenvalue weighted by molar-refractivity contribution is 4.89. The second-order valence-electron chi connectivity index (χ2n) is 7.00. The maximum absolute atomic E-state index is 12.9. The molecule has 0 radical (unpaired) electrons. The van der Waals surface area contributed by atoms with Crippen molar-refractivity contribution in [2.24, 2.45) is 0 Å². The second-order valence-corrected chi connectivity index (χ2v) is 7.00. The SMILES string of the molecule is COC1(OC2CCN(C3CC3)CC2)CCCCN1CC(F)(F)F. The summed E-state index contributed by atoms with van der Waals surface area (Å²) in [6.45, 7) is 1.36. The van der Waals surface area contributed by atoms with Crippen molar-refractivity contribution < 1.29 is 22.6 Å². The number of likely N-dealkylation sites (tertiary alicyclic amines) is 2. The van der Waals surface area contributed by atoms with Gasteiger partial charge in [-0.15, -0.1) is 0 Å². The minimum atomic E-state index is -4.24. The summed E-state index contributed by atoms with van der Waals surface area (Å²) in [6, 6.07) is 0.740. The van der Waals surface area contributed by atoms with Gasteiger partial charge in [0.15, 0.2) is 0 Å². The molecule has 1 saturated carbocycles. The predicted molar refractivity (Wildman–Crippen MR) is 79.9 cm³/mol. The Labute approximate surface area is 135 Å². The molecule has 3 rings (SSSR count). The first-order chi connectivity index (χ1) is 10.9. The van der Waals surface area contributed by atoms with E-state index < -0.39 is 18.6 Å². The highest BCUT2D eigenvalue weighted by Gasteiger charge is 2.47. The highest BCUT2D eigenvalue weighted by atomic mass is 19.4. The molecule has 0 amide bonds. The molecule has 2 saturated heterocycles. The fourth-order valence-electron chi connectivity index (χ4n) is 3.87. The van der Waals surface area contributed by atoms with Gasteiger partial charge in [-0.25, -0.2) is 4.90 Å². The molecule has 0 aromatic rings. The van der Waals surface area contributed by atoms with E-state index >= 15 is 0 Å². The lowest BCUT2D eigenvalue weighted by molar-refractivity contribution is -0.352. The van der Waals surface area contributed by atoms with E-state index in [-0.39, 0.29) is 6.10 Å². The number of methoxy groups -OCH3 is 1. The molecule has 0 aromatic heterocycles. The van der Waals surface area contributed by atoms with Crippen LogP contribution in [0.3, 0.4) is 0 Å². The van der Waals surface area contributed by atoms with Crippen LogP contribution < -0.4 is 0 Å². The molecule has 3 fully saturated rings. The van der Waals surface area contributed by atoms with Crippen LogP contribution in [-0.2, 0) is 9.47 Å². The first-order valence-corrected chi connectivity index (χ1v) is 8.71. The van der Waals surface area contributed by atoms with Gasteiger partial charge in [0.05, 0.1) is 12.6 Å². The monoisotopic (exact) mass is 336 g/mol. The third-order valence-electron chi connectivity index (χ3n) is 5.23. The Morgan fingerprint density at radius 3 is 2.30 bits per heavy atom. The number of hydrogen-bond acceptors (Lipinski definition) is 4. The van der Waals surface area contributed by atoms with E-state index in [9.17, 15) is 13.2 Å². The van der Waals surface area contributed by atoms with Gasteiger partial charge in [0.25, 0.3) is 0 Å². The molecule has 23 heavy (non-hydrogen) atoms. The number of rotatable bonds is 5. The minimum Gasteiger partial charge on any atom is -0.341 e. The Morgan fingerprint density at radius 1 is 1.04 bits per heavy atom. The molecule has 1 atom stereocenters. The zero-order chi connectivity index (χ0) is 16.5. The van der Waals surface area contributed by atoms with Gasteiger partial charge in [0.2, 0.25) is 5.91 Å². The summed E-state index contributed by atoms with van der Waals surface area (Å²) in [5, 5.41) is 0. The summed E-state index contributed by atoms with van der Waals surface area (Å²) in [7, 11) is 1.47. The number of piperidine rings is 2. The van der Waals surface area contributed by atoms with Gasteiger partial charge in [-0.3, -0.25) is 0 Å². The zero-order valence-corrected chi connectivity index (χ0v) is 13.8. The molecule has 1 unspecified atom stereocenters. The summed E-state index contributed by atoms with van der Waals surface area (Å²) in [5.41, 5.74) is 0. The summed E-state index contributed by atoms with van der Waals surface area (Å²) >= 11 is 0. The summed E-state index contributed by atoms with van der Waals surface area (Å²) in [6.07, 6.45) is 2.16. The van der Waals surface area contributed by atoms with Crippen molar-refractivity contribution in [1.29, 1.82) is 0 Å². The molecule has 7 heteroatoms. The largest absolute Gasteiger partial charge is 0.401 e. The second kappa shape index (κ2) is 6.86. The molecule has 1 aliphatic carbocycles. The molecule has 0 aromatic carbocycles. The molecule has 2 aliphatic heterocycles. The Bertz CT molecular complexity index is 395. The number of hydrogen-bond donors (Lipinski definition) is 0. The minimum absolute atomic E-state index is 0.0150. The van der Waals surface area contributed by atoms with E-state index in [1.807, 2.05) is 0 Å². The van der Waals surface area contributed by atoms with Crippen LogP contribution in [0.25, 0.3) is 0 Å². The molecule has 0 bridgehead atoms. The van der Waals surface area contributed by atoms with Crippen molar-refractivity contribution in [3.8, 4) is 0 Å². The zero-order valence-electron chi connectivity index (χ0n) is 13.8. The fraction of sp³-hybridized carbons (Fsp3) is 1.00. The van der Waals surface area contributed by atoms with E-state index in [0.717, 1.165) is 44.8 Å². The number of nitrogens with zero attached hydrogens (tertiary/aromatic N) is 2. The highest BCUT2D eigenvalue weighted by Crippen LogP contribution is 2.36. The third kappa shape index (κ3) is 4.38. The van der Waals surface area contributed by atoms with Gasteiger partial charge >= 0.3 is 6.18 Å². The van der Waals surface area contributed by atoms with Crippen molar-refractivity contribution in [2.45, 2.75) is 69.2 Å². The Hall–Kier alpha value is -0.370. The number of alkyl halides is 3. The van der Waals surface area contributed by atoms with Gasteiger partial charge in [0.1, 0.15) is 0 Å².